The molecule has 0 saturated carbocycles. The Balaban J connectivity index is 2.47. The second kappa shape index (κ2) is 8.87. The molecule has 21 heavy (non-hydrogen) atoms. The van der Waals surface area contributed by atoms with Gasteiger partial charge in [0.2, 0.25) is 5.91 Å². The van der Waals surface area contributed by atoms with Gasteiger partial charge in [0.1, 0.15) is 6.54 Å². The summed E-state index contributed by atoms with van der Waals surface area (Å²) in [5.74, 6) is 0.762. The fourth-order valence-electron chi connectivity index (χ4n) is 2.36. The molecule has 0 aliphatic carbocycles. The largest absolute Gasteiger partial charge is 0.357 e. The standard InChI is InChI=1S/C15H31N5O/c1-6-16-15(17-11-14(21)19(4)5)18-13-7-9-20(10-8-13)12(2)3/h12-13H,6-11H2,1-5H3,(H2,16,17,18). The molecule has 1 rings (SSSR count). The van der Waals surface area contributed by atoms with E-state index in [9.17, 15) is 4.79 Å². The lowest BCUT2D eigenvalue weighted by Crippen LogP contribution is -2.50. The maximum atomic E-state index is 11.6. The summed E-state index contributed by atoms with van der Waals surface area (Å²) >= 11 is 0. The number of aliphatic imine (C=N–C) groups is 1. The van der Waals surface area contributed by atoms with E-state index in [0.717, 1.165) is 38.4 Å². The van der Waals surface area contributed by atoms with Crippen molar-refractivity contribution in [3.8, 4) is 0 Å². The van der Waals surface area contributed by atoms with Gasteiger partial charge in [0.25, 0.3) is 0 Å². The third-order valence-electron chi connectivity index (χ3n) is 3.82. The van der Waals surface area contributed by atoms with Gasteiger partial charge in [-0.15, -0.1) is 0 Å². The molecule has 6 nitrogen and oxygen atoms in total. The molecule has 0 unspecified atom stereocenters. The van der Waals surface area contributed by atoms with Crippen LogP contribution in [0.15, 0.2) is 4.99 Å². The quantitative estimate of drug-likeness (QED) is 0.573. The zero-order chi connectivity index (χ0) is 15.8. The maximum Gasteiger partial charge on any atom is 0.243 e. The van der Waals surface area contributed by atoms with Gasteiger partial charge in [-0.05, 0) is 33.6 Å². The SMILES string of the molecule is CCNC(=NCC(=O)N(C)C)NC1CCN(C(C)C)CC1. The highest BCUT2D eigenvalue weighted by molar-refractivity contribution is 5.84. The number of amides is 1. The van der Waals surface area contributed by atoms with Crippen molar-refractivity contribution in [2.75, 3.05) is 40.3 Å². The molecular formula is C15H31N5O. The van der Waals surface area contributed by atoms with Gasteiger partial charge >= 0.3 is 0 Å². The first-order valence-electron chi connectivity index (χ1n) is 7.93. The van der Waals surface area contributed by atoms with Crippen LogP contribution in [0.25, 0.3) is 0 Å². The van der Waals surface area contributed by atoms with E-state index in [1.165, 1.54) is 0 Å². The number of likely N-dealkylation sites (tertiary alicyclic amines) is 1. The molecule has 122 valence electrons. The van der Waals surface area contributed by atoms with E-state index < -0.39 is 0 Å². The molecule has 0 aromatic rings. The van der Waals surface area contributed by atoms with E-state index in [2.05, 4.69) is 34.4 Å². The lowest BCUT2D eigenvalue weighted by atomic mass is 10.0. The van der Waals surface area contributed by atoms with Crippen LogP contribution in [0.1, 0.15) is 33.6 Å². The molecule has 1 amide bonds. The second-order valence-corrected chi connectivity index (χ2v) is 6.03. The van der Waals surface area contributed by atoms with Crippen molar-refractivity contribution in [1.82, 2.24) is 20.4 Å². The number of likely N-dealkylation sites (N-methyl/N-ethyl adjacent to an activating group) is 1. The molecule has 2 N–H and O–H groups in total. The molecule has 0 atom stereocenters. The van der Waals surface area contributed by atoms with E-state index in [1.54, 1.807) is 19.0 Å². The molecule has 1 heterocycles. The van der Waals surface area contributed by atoms with Crippen LogP contribution in [0.5, 0.6) is 0 Å². The van der Waals surface area contributed by atoms with E-state index in [-0.39, 0.29) is 12.5 Å². The highest BCUT2D eigenvalue weighted by Gasteiger charge is 2.21. The Morgan fingerprint density at radius 3 is 2.43 bits per heavy atom. The van der Waals surface area contributed by atoms with E-state index >= 15 is 0 Å². The van der Waals surface area contributed by atoms with Crippen molar-refractivity contribution in [3.63, 3.8) is 0 Å². The zero-order valence-electron chi connectivity index (χ0n) is 14.1. The molecule has 1 aliphatic heterocycles. The smallest absolute Gasteiger partial charge is 0.243 e. The van der Waals surface area contributed by atoms with Crippen molar-refractivity contribution in [3.05, 3.63) is 0 Å². The van der Waals surface area contributed by atoms with Gasteiger partial charge in [0, 0.05) is 45.8 Å². The summed E-state index contributed by atoms with van der Waals surface area (Å²) in [7, 11) is 3.50. The van der Waals surface area contributed by atoms with Crippen molar-refractivity contribution in [1.29, 1.82) is 0 Å². The lowest BCUT2D eigenvalue weighted by Gasteiger charge is -2.35. The summed E-state index contributed by atoms with van der Waals surface area (Å²) in [5.41, 5.74) is 0. The highest BCUT2D eigenvalue weighted by atomic mass is 16.2. The van der Waals surface area contributed by atoms with Crippen LogP contribution in [0, 0.1) is 0 Å². The molecule has 0 aromatic heterocycles. The number of carbonyl (C=O) groups is 1. The van der Waals surface area contributed by atoms with Gasteiger partial charge in [0.05, 0.1) is 0 Å². The Kier molecular flexibility index (Phi) is 7.50. The highest BCUT2D eigenvalue weighted by Crippen LogP contribution is 2.12. The predicted molar refractivity (Wildman–Crippen MR) is 87.5 cm³/mol. The number of guanidine groups is 1. The lowest BCUT2D eigenvalue weighted by molar-refractivity contribution is -0.127. The van der Waals surface area contributed by atoms with Crippen molar-refractivity contribution < 1.29 is 4.79 Å². The number of rotatable bonds is 5. The second-order valence-electron chi connectivity index (χ2n) is 6.03. The predicted octanol–water partition coefficient (Wildman–Crippen LogP) is 0.503. The molecule has 6 heteroatoms. The normalized spacial score (nSPS) is 17.9. The van der Waals surface area contributed by atoms with Gasteiger partial charge in [-0.25, -0.2) is 4.99 Å². The van der Waals surface area contributed by atoms with Gasteiger partial charge in [-0.2, -0.15) is 0 Å². The summed E-state index contributed by atoms with van der Waals surface area (Å²) in [6.07, 6.45) is 2.23. The molecule has 1 saturated heterocycles. The van der Waals surface area contributed by atoms with Gasteiger partial charge < -0.3 is 20.4 Å². The van der Waals surface area contributed by atoms with Crippen LogP contribution in [0.3, 0.4) is 0 Å². The number of carbonyl (C=O) groups excluding carboxylic acids is 1. The van der Waals surface area contributed by atoms with E-state index in [0.29, 0.717) is 12.1 Å². The summed E-state index contributed by atoms with van der Waals surface area (Å²) in [6.45, 7) is 9.74. The average Bonchev–Trinajstić information content (AvgIpc) is 2.45. The first-order chi connectivity index (χ1) is 9.93. The number of piperidine rings is 1. The minimum Gasteiger partial charge on any atom is -0.357 e. The van der Waals surface area contributed by atoms with Gasteiger partial charge in [-0.3, -0.25) is 4.79 Å². The van der Waals surface area contributed by atoms with Crippen LogP contribution >= 0.6 is 0 Å². The topological polar surface area (TPSA) is 60.0 Å². The minimum absolute atomic E-state index is 0.0156. The monoisotopic (exact) mass is 297 g/mol. The zero-order valence-corrected chi connectivity index (χ0v) is 14.1. The van der Waals surface area contributed by atoms with Crippen LogP contribution in [-0.2, 0) is 4.79 Å². The van der Waals surface area contributed by atoms with E-state index in [4.69, 9.17) is 0 Å². The first kappa shape index (κ1) is 17.8. The Morgan fingerprint density at radius 2 is 1.95 bits per heavy atom. The molecule has 0 bridgehead atoms. The Bertz CT molecular complexity index is 346. The molecule has 1 aliphatic rings. The van der Waals surface area contributed by atoms with Crippen LogP contribution in [0.2, 0.25) is 0 Å². The molecule has 0 radical (unpaired) electrons. The Labute approximate surface area is 129 Å². The van der Waals surface area contributed by atoms with Crippen LogP contribution in [0.4, 0.5) is 0 Å². The number of nitrogens with one attached hydrogen (secondary N) is 2. The van der Waals surface area contributed by atoms with Crippen molar-refractivity contribution >= 4 is 11.9 Å². The summed E-state index contributed by atoms with van der Waals surface area (Å²) in [5, 5.41) is 6.66. The Hall–Kier alpha value is -1.30. The minimum atomic E-state index is 0.0156. The molecule has 0 spiro atoms. The molecule has 1 fully saturated rings. The third kappa shape index (κ3) is 6.33. The fourth-order valence-corrected chi connectivity index (χ4v) is 2.36. The van der Waals surface area contributed by atoms with Crippen molar-refractivity contribution in [2.45, 2.75) is 45.7 Å². The molecule has 0 aromatic carbocycles. The maximum absolute atomic E-state index is 11.6. The van der Waals surface area contributed by atoms with Crippen molar-refractivity contribution in [2.24, 2.45) is 4.99 Å². The number of hydrogen-bond donors (Lipinski definition) is 2. The summed E-state index contributed by atoms with van der Waals surface area (Å²) in [6, 6.07) is 1.05. The Morgan fingerprint density at radius 1 is 1.33 bits per heavy atom. The fraction of sp³-hybridized carbons (Fsp3) is 0.867. The third-order valence-corrected chi connectivity index (χ3v) is 3.82. The van der Waals surface area contributed by atoms with Gasteiger partial charge in [-0.1, -0.05) is 0 Å². The summed E-state index contributed by atoms with van der Waals surface area (Å²) in [4.78, 5) is 20.1. The average molecular weight is 297 g/mol. The number of nitrogens with zero attached hydrogens (tertiary/aromatic N) is 3. The summed E-state index contributed by atoms with van der Waals surface area (Å²) < 4.78 is 0. The first-order valence-corrected chi connectivity index (χ1v) is 7.93. The van der Waals surface area contributed by atoms with Gasteiger partial charge in [0.15, 0.2) is 5.96 Å². The number of hydrogen-bond acceptors (Lipinski definition) is 3. The van der Waals surface area contributed by atoms with Crippen LogP contribution in [-0.4, -0.2) is 74.0 Å². The van der Waals surface area contributed by atoms with Crippen LogP contribution < -0.4 is 10.6 Å². The van der Waals surface area contributed by atoms with E-state index in [1.807, 2.05) is 6.92 Å². The molecular weight excluding hydrogens is 266 g/mol.